The van der Waals surface area contributed by atoms with Crippen LogP contribution in [0.5, 0.6) is 0 Å². The molecule has 0 saturated carbocycles. The summed E-state index contributed by atoms with van der Waals surface area (Å²) in [7, 11) is -3.47. The van der Waals surface area contributed by atoms with E-state index in [2.05, 4.69) is 15.3 Å². The zero-order valence-electron chi connectivity index (χ0n) is 12.7. The first kappa shape index (κ1) is 15.4. The molecule has 1 aromatic carbocycles. The normalized spacial score (nSPS) is 11.7. The lowest BCUT2D eigenvalue weighted by Gasteiger charge is -1.97. The lowest BCUT2D eigenvalue weighted by atomic mass is 10.1. The number of sulfone groups is 1. The summed E-state index contributed by atoms with van der Waals surface area (Å²) < 4.78 is 34.2. The molecule has 0 amide bonds. The predicted octanol–water partition coefficient (Wildman–Crippen LogP) is 2.46. The lowest BCUT2D eigenvalue weighted by molar-refractivity contribution is 0.388. The molecule has 2 aromatic heterocycles. The number of hydrogen-bond donors (Lipinski definition) is 0. The second kappa shape index (κ2) is 5.96. The van der Waals surface area contributed by atoms with Crippen molar-refractivity contribution in [2.24, 2.45) is 0 Å². The van der Waals surface area contributed by atoms with Gasteiger partial charge in [-0.05, 0) is 13.8 Å². The van der Waals surface area contributed by atoms with Gasteiger partial charge in [-0.1, -0.05) is 40.1 Å². The zero-order valence-corrected chi connectivity index (χ0v) is 13.5. The van der Waals surface area contributed by atoms with Crippen LogP contribution < -0.4 is 0 Å². The average molecular weight is 333 g/mol. The van der Waals surface area contributed by atoms with Gasteiger partial charge >= 0.3 is 0 Å². The van der Waals surface area contributed by atoms with Crippen LogP contribution in [-0.4, -0.2) is 23.7 Å². The fourth-order valence-electron chi connectivity index (χ4n) is 2.08. The molecule has 0 bridgehead atoms. The summed E-state index contributed by atoms with van der Waals surface area (Å²) in [4.78, 5) is 4.14. The van der Waals surface area contributed by atoms with Crippen molar-refractivity contribution in [1.82, 2.24) is 15.3 Å². The van der Waals surface area contributed by atoms with Crippen LogP contribution in [0.4, 0.5) is 0 Å². The van der Waals surface area contributed by atoms with Crippen molar-refractivity contribution in [3.8, 4) is 11.4 Å². The molecule has 8 heteroatoms. The van der Waals surface area contributed by atoms with E-state index in [0.29, 0.717) is 17.3 Å². The third-order valence-electron chi connectivity index (χ3n) is 3.17. The Labute approximate surface area is 133 Å². The lowest BCUT2D eigenvalue weighted by Crippen LogP contribution is -2.08. The van der Waals surface area contributed by atoms with Crippen LogP contribution >= 0.6 is 0 Å². The third kappa shape index (κ3) is 3.84. The van der Waals surface area contributed by atoms with Crippen LogP contribution in [0.2, 0.25) is 0 Å². The standard InChI is InChI=1S/C15H15N3O4S/c1-10-3-5-12(6-4-10)15-16-14(22-18-15)9-23(19,20)8-13-7-11(2)21-17-13/h3-7H,8-9H2,1-2H3. The van der Waals surface area contributed by atoms with Crippen LogP contribution in [0.3, 0.4) is 0 Å². The third-order valence-corrected chi connectivity index (χ3v) is 4.59. The largest absolute Gasteiger partial charge is 0.361 e. The molecule has 3 rings (SSSR count). The number of hydrogen-bond acceptors (Lipinski definition) is 7. The van der Waals surface area contributed by atoms with Crippen molar-refractivity contribution in [2.75, 3.05) is 0 Å². The number of benzene rings is 1. The van der Waals surface area contributed by atoms with E-state index in [1.807, 2.05) is 31.2 Å². The Bertz CT molecular complexity index is 910. The van der Waals surface area contributed by atoms with E-state index in [4.69, 9.17) is 9.05 Å². The van der Waals surface area contributed by atoms with Gasteiger partial charge in [-0.2, -0.15) is 4.98 Å². The second-order valence-electron chi connectivity index (χ2n) is 5.34. The maximum atomic E-state index is 12.2. The summed E-state index contributed by atoms with van der Waals surface area (Å²) in [5.74, 6) is 0.424. The molecule has 0 fully saturated rings. The van der Waals surface area contributed by atoms with E-state index in [1.54, 1.807) is 13.0 Å². The van der Waals surface area contributed by atoms with Gasteiger partial charge in [0, 0.05) is 11.6 Å². The SMILES string of the molecule is Cc1ccc(-c2noc(CS(=O)(=O)Cc3cc(C)on3)n2)cc1. The van der Waals surface area contributed by atoms with Gasteiger partial charge in [0.05, 0.1) is 11.4 Å². The smallest absolute Gasteiger partial charge is 0.242 e. The van der Waals surface area contributed by atoms with Crippen LogP contribution in [0.1, 0.15) is 22.9 Å². The van der Waals surface area contributed by atoms with Gasteiger partial charge < -0.3 is 9.05 Å². The Hall–Kier alpha value is -2.48. The van der Waals surface area contributed by atoms with Crippen molar-refractivity contribution in [2.45, 2.75) is 25.4 Å². The minimum Gasteiger partial charge on any atom is -0.361 e. The molecule has 23 heavy (non-hydrogen) atoms. The Morgan fingerprint density at radius 3 is 2.39 bits per heavy atom. The van der Waals surface area contributed by atoms with E-state index in [0.717, 1.165) is 11.1 Å². The van der Waals surface area contributed by atoms with Gasteiger partial charge in [-0.25, -0.2) is 8.42 Å². The Kier molecular flexibility index (Phi) is 3.99. The molecule has 0 radical (unpaired) electrons. The van der Waals surface area contributed by atoms with E-state index in [9.17, 15) is 8.42 Å². The monoisotopic (exact) mass is 333 g/mol. The first-order valence-electron chi connectivity index (χ1n) is 6.93. The highest BCUT2D eigenvalue weighted by molar-refractivity contribution is 7.89. The number of aromatic nitrogens is 3. The molecule has 7 nitrogen and oxygen atoms in total. The highest BCUT2D eigenvalue weighted by Crippen LogP contribution is 2.18. The average Bonchev–Trinajstić information content (AvgIpc) is 3.08. The highest BCUT2D eigenvalue weighted by atomic mass is 32.2. The summed E-state index contributed by atoms with van der Waals surface area (Å²) in [6.07, 6.45) is 0. The summed E-state index contributed by atoms with van der Waals surface area (Å²) in [6.45, 7) is 3.68. The summed E-state index contributed by atoms with van der Waals surface area (Å²) in [5, 5.41) is 7.51. The maximum absolute atomic E-state index is 12.2. The first-order valence-corrected chi connectivity index (χ1v) is 8.76. The Balaban J connectivity index is 1.74. The van der Waals surface area contributed by atoms with Gasteiger partial charge in [-0.15, -0.1) is 0 Å². The summed E-state index contributed by atoms with van der Waals surface area (Å²) in [5.41, 5.74) is 2.25. The minimum absolute atomic E-state index is 0.0563. The molecular formula is C15H15N3O4S. The molecule has 3 aromatic rings. The topological polar surface area (TPSA) is 99.1 Å². The molecule has 0 spiro atoms. The minimum atomic E-state index is -3.47. The molecule has 0 aliphatic carbocycles. The summed E-state index contributed by atoms with van der Waals surface area (Å²) >= 11 is 0. The predicted molar refractivity (Wildman–Crippen MR) is 82.0 cm³/mol. The fraction of sp³-hybridized carbons (Fsp3) is 0.267. The highest BCUT2D eigenvalue weighted by Gasteiger charge is 2.20. The van der Waals surface area contributed by atoms with Gasteiger partial charge in [0.15, 0.2) is 9.84 Å². The van der Waals surface area contributed by atoms with Crippen molar-refractivity contribution >= 4 is 9.84 Å². The number of rotatable bonds is 5. The summed E-state index contributed by atoms with van der Waals surface area (Å²) in [6, 6.07) is 9.15. The van der Waals surface area contributed by atoms with Crippen LogP contribution in [0.25, 0.3) is 11.4 Å². The molecule has 0 aliphatic rings. The molecule has 0 aliphatic heterocycles. The van der Waals surface area contributed by atoms with Crippen molar-refractivity contribution < 1.29 is 17.5 Å². The van der Waals surface area contributed by atoms with E-state index >= 15 is 0 Å². The molecule has 0 N–H and O–H groups in total. The van der Waals surface area contributed by atoms with Gasteiger partial charge in [-0.3, -0.25) is 0 Å². The van der Waals surface area contributed by atoms with Crippen molar-refractivity contribution in [1.29, 1.82) is 0 Å². The van der Waals surface area contributed by atoms with Gasteiger partial charge in [0.2, 0.25) is 11.7 Å². The molecule has 0 unspecified atom stereocenters. The number of aryl methyl sites for hydroxylation is 2. The van der Waals surface area contributed by atoms with Crippen molar-refractivity contribution in [3.05, 3.63) is 53.2 Å². The van der Waals surface area contributed by atoms with Gasteiger partial charge in [0.1, 0.15) is 11.5 Å². The van der Waals surface area contributed by atoms with Crippen LogP contribution in [0, 0.1) is 13.8 Å². The molecule has 2 heterocycles. The molecule has 0 atom stereocenters. The fourth-order valence-corrected chi connectivity index (χ4v) is 3.27. The van der Waals surface area contributed by atoms with Crippen LogP contribution in [0.15, 0.2) is 39.4 Å². The second-order valence-corrected chi connectivity index (χ2v) is 7.40. The van der Waals surface area contributed by atoms with Crippen molar-refractivity contribution in [3.63, 3.8) is 0 Å². The molecular weight excluding hydrogens is 318 g/mol. The molecule has 0 saturated heterocycles. The van der Waals surface area contributed by atoms with Crippen LogP contribution in [-0.2, 0) is 21.3 Å². The van der Waals surface area contributed by atoms with E-state index in [1.165, 1.54) is 0 Å². The van der Waals surface area contributed by atoms with E-state index < -0.39 is 9.84 Å². The number of nitrogens with zero attached hydrogens (tertiary/aromatic N) is 3. The Morgan fingerprint density at radius 1 is 1.00 bits per heavy atom. The first-order chi connectivity index (χ1) is 10.9. The Morgan fingerprint density at radius 2 is 1.74 bits per heavy atom. The molecule has 120 valence electrons. The van der Waals surface area contributed by atoms with E-state index in [-0.39, 0.29) is 17.4 Å². The zero-order chi connectivity index (χ0) is 16.4. The quantitative estimate of drug-likeness (QED) is 0.707. The maximum Gasteiger partial charge on any atom is 0.242 e. The van der Waals surface area contributed by atoms with Gasteiger partial charge in [0.25, 0.3) is 0 Å².